The second-order valence-electron chi connectivity index (χ2n) is 9.09. The molecular formula is C29H24N4. The van der Waals surface area contributed by atoms with E-state index in [0.29, 0.717) is 5.65 Å². The van der Waals surface area contributed by atoms with Crippen LogP contribution in [0.3, 0.4) is 0 Å². The molecule has 0 atom stereocenters. The molecule has 0 unspecified atom stereocenters. The fraction of sp³-hybridized carbons (Fsp3) is 0.138. The first kappa shape index (κ1) is 19.6. The number of hydrogen-bond acceptors (Lipinski definition) is 4. The lowest BCUT2D eigenvalue weighted by molar-refractivity contribution is 0.632. The van der Waals surface area contributed by atoms with Crippen molar-refractivity contribution in [2.75, 3.05) is 4.90 Å². The Bertz CT molecular complexity index is 1470. The van der Waals surface area contributed by atoms with Gasteiger partial charge in [0.15, 0.2) is 5.65 Å². The summed E-state index contributed by atoms with van der Waals surface area (Å²) in [6.07, 6.45) is 5.29. The van der Waals surface area contributed by atoms with Crippen LogP contribution in [0.25, 0.3) is 22.3 Å². The van der Waals surface area contributed by atoms with Crippen LogP contribution in [0, 0.1) is 6.92 Å². The minimum atomic E-state index is -0.0906. The monoisotopic (exact) mass is 428 g/mol. The maximum Gasteiger partial charge on any atom is 0.178 e. The Balaban J connectivity index is 1.66. The third-order valence-corrected chi connectivity index (χ3v) is 6.73. The number of fused-ring (bicyclic) bond motifs is 3. The zero-order valence-corrected chi connectivity index (χ0v) is 18.9. The molecule has 1 aliphatic rings. The minimum Gasteiger partial charge on any atom is -0.309 e. The number of nitrogens with zero attached hydrogens (tertiary/aromatic N) is 4. The zero-order chi connectivity index (χ0) is 22.6. The van der Waals surface area contributed by atoms with Crippen molar-refractivity contribution in [1.82, 2.24) is 15.0 Å². The first-order valence-electron chi connectivity index (χ1n) is 11.2. The van der Waals surface area contributed by atoms with Gasteiger partial charge in [-0.3, -0.25) is 4.98 Å². The molecule has 3 heterocycles. The highest BCUT2D eigenvalue weighted by Gasteiger charge is 2.37. The van der Waals surface area contributed by atoms with Crippen molar-refractivity contribution >= 4 is 28.2 Å². The number of aryl methyl sites for hydroxylation is 1. The molecule has 0 spiro atoms. The summed E-state index contributed by atoms with van der Waals surface area (Å²) in [7, 11) is 0. The molecule has 0 fully saturated rings. The van der Waals surface area contributed by atoms with Gasteiger partial charge in [-0.15, -0.1) is 0 Å². The second-order valence-corrected chi connectivity index (χ2v) is 9.09. The average molecular weight is 429 g/mol. The Labute approximate surface area is 193 Å². The van der Waals surface area contributed by atoms with E-state index in [1.165, 1.54) is 28.1 Å². The van der Waals surface area contributed by atoms with Crippen molar-refractivity contribution < 1.29 is 0 Å². The lowest BCUT2D eigenvalue weighted by Gasteiger charge is -2.43. The SMILES string of the molecule is Cc1cccc(-c2cnc3nccnc3c2)c1N1c2ccccc2C(C)(C)c2ccccc21. The van der Waals surface area contributed by atoms with Crippen LogP contribution in [0.5, 0.6) is 0 Å². The Hall–Kier alpha value is -4.05. The van der Waals surface area contributed by atoms with E-state index in [1.807, 2.05) is 6.20 Å². The van der Waals surface area contributed by atoms with Gasteiger partial charge in [0.25, 0.3) is 0 Å². The molecule has 0 radical (unpaired) electrons. The number of benzene rings is 3. The van der Waals surface area contributed by atoms with Crippen LogP contribution in [0.15, 0.2) is 91.4 Å². The first-order chi connectivity index (χ1) is 16.1. The molecule has 1 aliphatic heterocycles. The van der Waals surface area contributed by atoms with Crippen molar-refractivity contribution in [1.29, 1.82) is 0 Å². The van der Waals surface area contributed by atoms with Gasteiger partial charge in [0.05, 0.1) is 17.1 Å². The van der Waals surface area contributed by atoms with Gasteiger partial charge in [-0.25, -0.2) is 9.97 Å². The highest BCUT2D eigenvalue weighted by atomic mass is 15.2. The quantitative estimate of drug-likeness (QED) is 0.300. The van der Waals surface area contributed by atoms with E-state index in [0.717, 1.165) is 22.3 Å². The van der Waals surface area contributed by atoms with Crippen molar-refractivity contribution in [3.05, 3.63) is 108 Å². The van der Waals surface area contributed by atoms with Crippen LogP contribution in [0.1, 0.15) is 30.5 Å². The molecule has 4 heteroatoms. The number of para-hydroxylation sites is 3. The summed E-state index contributed by atoms with van der Waals surface area (Å²) in [4.78, 5) is 15.8. The molecule has 0 N–H and O–H groups in total. The van der Waals surface area contributed by atoms with Gasteiger partial charge in [0.2, 0.25) is 0 Å². The normalized spacial score (nSPS) is 14.1. The maximum atomic E-state index is 4.59. The maximum absolute atomic E-state index is 4.59. The molecule has 0 saturated heterocycles. The van der Waals surface area contributed by atoms with E-state index in [2.05, 4.69) is 113 Å². The summed E-state index contributed by atoms with van der Waals surface area (Å²) in [5, 5.41) is 0. The van der Waals surface area contributed by atoms with Crippen LogP contribution >= 0.6 is 0 Å². The van der Waals surface area contributed by atoms with Crippen molar-refractivity contribution in [3.63, 3.8) is 0 Å². The minimum absolute atomic E-state index is 0.0906. The summed E-state index contributed by atoms with van der Waals surface area (Å²) in [5.41, 5.74) is 11.0. The van der Waals surface area contributed by atoms with Crippen LogP contribution in [0.2, 0.25) is 0 Å². The summed E-state index contributed by atoms with van der Waals surface area (Å²) < 4.78 is 0. The molecule has 5 aromatic rings. The van der Waals surface area contributed by atoms with Crippen molar-refractivity contribution in [2.45, 2.75) is 26.2 Å². The fourth-order valence-electron chi connectivity index (χ4n) is 5.10. The molecule has 0 saturated carbocycles. The van der Waals surface area contributed by atoms with E-state index in [1.54, 1.807) is 12.4 Å². The fourth-order valence-corrected chi connectivity index (χ4v) is 5.10. The molecule has 2 aromatic heterocycles. The highest BCUT2D eigenvalue weighted by Crippen LogP contribution is 2.53. The average Bonchev–Trinajstić information content (AvgIpc) is 2.85. The largest absolute Gasteiger partial charge is 0.309 e. The Morgan fingerprint density at radius 1 is 0.727 bits per heavy atom. The molecule has 6 rings (SSSR count). The van der Waals surface area contributed by atoms with Crippen LogP contribution < -0.4 is 4.90 Å². The number of hydrogen-bond donors (Lipinski definition) is 0. The van der Waals surface area contributed by atoms with Crippen LogP contribution in [-0.2, 0) is 5.41 Å². The van der Waals surface area contributed by atoms with E-state index < -0.39 is 0 Å². The Kier molecular flexibility index (Phi) is 4.31. The number of aromatic nitrogens is 3. The van der Waals surface area contributed by atoms with Gasteiger partial charge >= 0.3 is 0 Å². The van der Waals surface area contributed by atoms with Gasteiger partial charge in [-0.05, 0) is 41.8 Å². The Morgan fingerprint density at radius 3 is 2.12 bits per heavy atom. The predicted octanol–water partition coefficient (Wildman–Crippen LogP) is 7.11. The van der Waals surface area contributed by atoms with Crippen molar-refractivity contribution in [3.8, 4) is 11.1 Å². The second kappa shape index (κ2) is 7.24. The molecule has 4 nitrogen and oxygen atoms in total. The van der Waals surface area contributed by atoms with Gasteiger partial charge in [0.1, 0.15) is 5.52 Å². The highest BCUT2D eigenvalue weighted by molar-refractivity contribution is 5.94. The first-order valence-corrected chi connectivity index (χ1v) is 11.2. The third-order valence-electron chi connectivity index (χ3n) is 6.73. The van der Waals surface area contributed by atoms with Gasteiger partial charge in [0, 0.05) is 35.1 Å². The lowest BCUT2D eigenvalue weighted by atomic mass is 9.73. The van der Waals surface area contributed by atoms with Gasteiger partial charge < -0.3 is 4.90 Å². The van der Waals surface area contributed by atoms with E-state index >= 15 is 0 Å². The van der Waals surface area contributed by atoms with Gasteiger partial charge in [-0.1, -0.05) is 68.4 Å². The summed E-state index contributed by atoms with van der Waals surface area (Å²) in [6, 6.07) is 26.0. The molecule has 160 valence electrons. The molecule has 0 aliphatic carbocycles. The summed E-state index contributed by atoms with van der Waals surface area (Å²) >= 11 is 0. The predicted molar refractivity (Wildman–Crippen MR) is 134 cm³/mol. The molecule has 33 heavy (non-hydrogen) atoms. The molecule has 0 bridgehead atoms. The summed E-state index contributed by atoms with van der Waals surface area (Å²) in [6.45, 7) is 6.80. The molecule has 0 amide bonds. The topological polar surface area (TPSA) is 41.9 Å². The number of anilines is 3. The Morgan fingerprint density at radius 2 is 1.39 bits per heavy atom. The van der Waals surface area contributed by atoms with E-state index in [9.17, 15) is 0 Å². The zero-order valence-electron chi connectivity index (χ0n) is 18.9. The van der Waals surface area contributed by atoms with E-state index in [4.69, 9.17) is 0 Å². The third kappa shape index (κ3) is 2.94. The van der Waals surface area contributed by atoms with Crippen molar-refractivity contribution in [2.24, 2.45) is 0 Å². The molecular weight excluding hydrogens is 404 g/mol. The number of pyridine rings is 1. The van der Waals surface area contributed by atoms with E-state index in [-0.39, 0.29) is 5.41 Å². The lowest BCUT2D eigenvalue weighted by Crippen LogP contribution is -2.31. The van der Waals surface area contributed by atoms with Crippen LogP contribution in [-0.4, -0.2) is 15.0 Å². The smallest absolute Gasteiger partial charge is 0.178 e. The molecule has 3 aromatic carbocycles. The van der Waals surface area contributed by atoms with Crippen LogP contribution in [0.4, 0.5) is 17.1 Å². The van der Waals surface area contributed by atoms with Gasteiger partial charge in [-0.2, -0.15) is 0 Å². The summed E-state index contributed by atoms with van der Waals surface area (Å²) in [5.74, 6) is 0. The standard InChI is InChI=1S/C29H24N4/c1-19-9-8-10-21(20-17-24-28(32-18-20)31-16-15-30-24)27(19)33-25-13-6-4-11-22(25)29(2,3)23-12-5-7-14-26(23)33/h4-18H,1-3H3. The number of rotatable bonds is 2.